The zero-order valence-corrected chi connectivity index (χ0v) is 20.5. The van der Waals surface area contributed by atoms with Crippen molar-refractivity contribution in [3.8, 4) is 5.69 Å². The van der Waals surface area contributed by atoms with Crippen LogP contribution in [0.25, 0.3) is 5.69 Å². The number of nitrogens with zero attached hydrogens (tertiary/aromatic N) is 2. The lowest BCUT2D eigenvalue weighted by molar-refractivity contribution is 0.599. The predicted molar refractivity (Wildman–Crippen MR) is 139 cm³/mol. The second kappa shape index (κ2) is 9.72. The molecule has 0 amide bonds. The van der Waals surface area contributed by atoms with Crippen LogP contribution in [0.2, 0.25) is 0 Å². The molecule has 0 aliphatic heterocycles. The first-order valence-electron chi connectivity index (χ1n) is 10.5. The van der Waals surface area contributed by atoms with Gasteiger partial charge in [0.1, 0.15) is 11.5 Å². The first kappa shape index (κ1) is 24.2. The van der Waals surface area contributed by atoms with Gasteiger partial charge in [0.25, 0.3) is 15.6 Å². The Hall–Kier alpha value is -3.96. The summed E-state index contributed by atoms with van der Waals surface area (Å²) < 4.78 is 44.4. The Labute approximate surface area is 207 Å². The molecule has 0 unspecified atom stereocenters. The van der Waals surface area contributed by atoms with Gasteiger partial charge in [0.15, 0.2) is 5.11 Å². The van der Waals surface area contributed by atoms with Crippen molar-refractivity contribution in [1.29, 1.82) is 0 Å². The summed E-state index contributed by atoms with van der Waals surface area (Å²) in [5.41, 5.74) is 1.97. The van der Waals surface area contributed by atoms with Crippen molar-refractivity contribution in [2.45, 2.75) is 11.8 Å². The highest BCUT2D eigenvalue weighted by molar-refractivity contribution is 7.92. The Bertz CT molecular complexity index is 1550. The highest BCUT2D eigenvalue weighted by Crippen LogP contribution is 2.25. The molecular formula is C24H22FN5O3S2. The molecule has 0 aliphatic carbocycles. The number of thiocarbonyl (C=S) groups is 1. The predicted octanol–water partition coefficient (Wildman–Crippen LogP) is 4.23. The van der Waals surface area contributed by atoms with E-state index in [4.69, 9.17) is 12.2 Å². The number of halogens is 1. The second-order valence-corrected chi connectivity index (χ2v) is 9.71. The maximum Gasteiger partial charge on any atom is 0.295 e. The molecule has 0 bridgehead atoms. The van der Waals surface area contributed by atoms with E-state index in [1.165, 1.54) is 16.8 Å². The monoisotopic (exact) mass is 511 g/mol. The van der Waals surface area contributed by atoms with Crippen LogP contribution in [0, 0.1) is 12.7 Å². The van der Waals surface area contributed by atoms with E-state index in [2.05, 4.69) is 15.4 Å². The van der Waals surface area contributed by atoms with Gasteiger partial charge in [-0.15, -0.1) is 0 Å². The largest absolute Gasteiger partial charge is 0.331 e. The Morgan fingerprint density at radius 1 is 0.886 bits per heavy atom. The molecular weight excluding hydrogens is 489 g/mol. The first-order chi connectivity index (χ1) is 16.7. The zero-order valence-electron chi connectivity index (χ0n) is 18.8. The van der Waals surface area contributed by atoms with E-state index >= 15 is 0 Å². The minimum atomic E-state index is -3.97. The van der Waals surface area contributed by atoms with Crippen LogP contribution in [0.1, 0.15) is 5.69 Å². The number of benzene rings is 3. The van der Waals surface area contributed by atoms with Crippen LogP contribution < -0.4 is 20.9 Å². The number of sulfonamides is 1. The average Bonchev–Trinajstić information content (AvgIpc) is 3.04. The highest BCUT2D eigenvalue weighted by atomic mass is 32.2. The number of para-hydroxylation sites is 3. The Balaban J connectivity index is 1.57. The second-order valence-electron chi connectivity index (χ2n) is 7.62. The maximum absolute atomic E-state index is 13.2. The third kappa shape index (κ3) is 5.10. The lowest BCUT2D eigenvalue weighted by Crippen LogP contribution is -2.26. The minimum Gasteiger partial charge on any atom is -0.331 e. The van der Waals surface area contributed by atoms with Crippen molar-refractivity contribution in [3.05, 3.63) is 101 Å². The molecule has 0 fully saturated rings. The van der Waals surface area contributed by atoms with Gasteiger partial charge in [-0.25, -0.2) is 17.5 Å². The van der Waals surface area contributed by atoms with Crippen molar-refractivity contribution in [3.63, 3.8) is 0 Å². The van der Waals surface area contributed by atoms with Gasteiger partial charge in [-0.1, -0.05) is 30.3 Å². The molecule has 4 aromatic rings. The summed E-state index contributed by atoms with van der Waals surface area (Å²) in [5.74, 6) is -0.537. The molecule has 0 saturated heterocycles. The van der Waals surface area contributed by atoms with Crippen LogP contribution >= 0.6 is 12.2 Å². The summed E-state index contributed by atoms with van der Waals surface area (Å²) in [6, 6.07) is 20.2. The summed E-state index contributed by atoms with van der Waals surface area (Å²) in [6.07, 6.45) is 0. The summed E-state index contributed by atoms with van der Waals surface area (Å²) in [7, 11) is -2.20. The van der Waals surface area contributed by atoms with Gasteiger partial charge in [0.2, 0.25) is 0 Å². The number of nitrogens with one attached hydrogen (secondary N) is 3. The zero-order chi connectivity index (χ0) is 25.2. The molecule has 3 aromatic carbocycles. The Morgan fingerprint density at radius 3 is 2.14 bits per heavy atom. The summed E-state index contributed by atoms with van der Waals surface area (Å²) >= 11 is 5.42. The van der Waals surface area contributed by atoms with E-state index in [-0.39, 0.29) is 21.3 Å². The lowest BCUT2D eigenvalue weighted by Gasteiger charge is -2.15. The van der Waals surface area contributed by atoms with Crippen LogP contribution in [0.4, 0.5) is 21.5 Å². The van der Waals surface area contributed by atoms with Gasteiger partial charge >= 0.3 is 0 Å². The van der Waals surface area contributed by atoms with Gasteiger partial charge in [-0.3, -0.25) is 14.2 Å². The van der Waals surface area contributed by atoms with Gasteiger partial charge in [0, 0.05) is 7.05 Å². The number of hydrogen-bond acceptors (Lipinski definition) is 4. The van der Waals surface area contributed by atoms with E-state index in [1.54, 1.807) is 42.9 Å². The van der Waals surface area contributed by atoms with Gasteiger partial charge in [-0.2, -0.15) is 0 Å². The fourth-order valence-electron chi connectivity index (χ4n) is 3.48. The molecule has 11 heteroatoms. The molecule has 8 nitrogen and oxygen atoms in total. The number of rotatable bonds is 6. The molecule has 3 N–H and O–H groups in total. The molecule has 0 radical (unpaired) electrons. The van der Waals surface area contributed by atoms with Crippen LogP contribution in [0.5, 0.6) is 0 Å². The maximum atomic E-state index is 13.2. The molecule has 4 rings (SSSR count). The first-order valence-corrected chi connectivity index (χ1v) is 12.4. The molecule has 1 heterocycles. The molecule has 35 heavy (non-hydrogen) atoms. The molecule has 0 aliphatic rings. The summed E-state index contributed by atoms with van der Waals surface area (Å²) in [4.78, 5) is 13.0. The van der Waals surface area contributed by atoms with Gasteiger partial charge in [-0.05, 0) is 67.7 Å². The van der Waals surface area contributed by atoms with E-state index < -0.39 is 15.8 Å². The van der Waals surface area contributed by atoms with Crippen molar-refractivity contribution < 1.29 is 12.8 Å². The molecule has 1 aromatic heterocycles. The van der Waals surface area contributed by atoms with Crippen molar-refractivity contribution in [2.75, 3.05) is 15.4 Å². The van der Waals surface area contributed by atoms with Gasteiger partial charge in [0.05, 0.1) is 27.7 Å². The normalized spacial score (nSPS) is 11.2. The topological polar surface area (TPSA) is 97.2 Å². The third-order valence-electron chi connectivity index (χ3n) is 5.34. The molecule has 180 valence electrons. The van der Waals surface area contributed by atoms with Crippen LogP contribution in [-0.4, -0.2) is 22.9 Å². The molecule has 0 atom stereocenters. The van der Waals surface area contributed by atoms with Crippen molar-refractivity contribution >= 4 is 44.4 Å². The minimum absolute atomic E-state index is 0.0872. The quantitative estimate of drug-likeness (QED) is 0.335. The SMILES string of the molecule is Cc1c(NC(=S)Nc2ccccc2NS(=O)(=O)c2ccc(F)cc2)c(=O)n(-c2ccccc2)n1C. The van der Waals surface area contributed by atoms with E-state index in [0.717, 1.165) is 12.1 Å². The van der Waals surface area contributed by atoms with Crippen molar-refractivity contribution in [2.24, 2.45) is 7.05 Å². The lowest BCUT2D eigenvalue weighted by atomic mass is 10.3. The van der Waals surface area contributed by atoms with Crippen LogP contribution in [0.15, 0.2) is 88.6 Å². The van der Waals surface area contributed by atoms with E-state index in [9.17, 15) is 17.6 Å². The molecule has 0 saturated carbocycles. The van der Waals surface area contributed by atoms with Crippen LogP contribution in [0.3, 0.4) is 0 Å². The number of hydrogen-bond donors (Lipinski definition) is 3. The third-order valence-corrected chi connectivity index (χ3v) is 6.92. The van der Waals surface area contributed by atoms with Gasteiger partial charge < -0.3 is 10.6 Å². The van der Waals surface area contributed by atoms with Crippen LogP contribution in [-0.2, 0) is 17.1 Å². The van der Waals surface area contributed by atoms with E-state index in [0.29, 0.717) is 22.8 Å². The summed E-state index contributed by atoms with van der Waals surface area (Å²) in [5, 5.41) is 5.98. The Kier molecular flexibility index (Phi) is 6.72. The Morgan fingerprint density at radius 2 is 1.49 bits per heavy atom. The smallest absolute Gasteiger partial charge is 0.295 e. The molecule has 0 spiro atoms. The van der Waals surface area contributed by atoms with E-state index in [1.807, 2.05) is 30.3 Å². The number of aromatic nitrogens is 2. The summed E-state index contributed by atoms with van der Waals surface area (Å²) in [6.45, 7) is 1.79. The number of anilines is 3. The average molecular weight is 512 g/mol. The fraction of sp³-hybridized carbons (Fsp3) is 0.0833. The van der Waals surface area contributed by atoms with Crippen molar-refractivity contribution in [1.82, 2.24) is 9.36 Å². The highest BCUT2D eigenvalue weighted by Gasteiger charge is 2.19. The standard InChI is InChI=1S/C24H22FN5O3S2/c1-16-22(23(31)30(29(16)2)18-8-4-3-5-9-18)27-24(34)26-20-10-6-7-11-21(20)28-35(32,33)19-14-12-17(25)13-15-19/h3-15,28H,1-2H3,(H2,26,27,34). The fourth-order valence-corrected chi connectivity index (χ4v) is 4.77.